The molecule has 2 aromatic carbocycles. The first-order valence-electron chi connectivity index (χ1n) is 8.60. The fourth-order valence-corrected chi connectivity index (χ4v) is 3.03. The predicted octanol–water partition coefficient (Wildman–Crippen LogP) is 3.44. The fourth-order valence-electron chi connectivity index (χ4n) is 3.03. The van der Waals surface area contributed by atoms with E-state index in [2.05, 4.69) is 4.98 Å². The number of hydrogen-bond acceptors (Lipinski definition) is 6. The number of oxazole rings is 1. The van der Waals surface area contributed by atoms with Gasteiger partial charge >= 0.3 is 5.97 Å². The van der Waals surface area contributed by atoms with Crippen LogP contribution in [-0.4, -0.2) is 27.8 Å². The number of fused-ring (bicyclic) bond motifs is 1. The molecule has 2 heterocycles. The Kier molecular flexibility index (Phi) is 4.94. The standard InChI is InChI=1S/C20H17FN2O5/c21-15-3-1-2-13(6-15)8-23(10-19-22-16(11-26-19)20(24)25)9-14-4-5-17-18(7-14)28-12-27-17/h1-7,11H,8-10,12H2,(H,24,25). The zero-order chi connectivity index (χ0) is 19.5. The third kappa shape index (κ3) is 4.12. The third-order valence-corrected chi connectivity index (χ3v) is 4.27. The topological polar surface area (TPSA) is 85.0 Å². The highest BCUT2D eigenvalue weighted by Gasteiger charge is 2.18. The molecule has 0 amide bonds. The normalized spacial score (nSPS) is 12.5. The summed E-state index contributed by atoms with van der Waals surface area (Å²) in [5.41, 5.74) is 1.60. The molecule has 8 heteroatoms. The lowest BCUT2D eigenvalue weighted by atomic mass is 10.1. The molecule has 1 aliphatic rings. The Balaban J connectivity index is 1.55. The zero-order valence-electron chi connectivity index (χ0n) is 14.8. The van der Waals surface area contributed by atoms with E-state index >= 15 is 0 Å². The first kappa shape index (κ1) is 18.0. The predicted molar refractivity (Wildman–Crippen MR) is 95.4 cm³/mol. The van der Waals surface area contributed by atoms with Crippen molar-refractivity contribution in [3.63, 3.8) is 0 Å². The van der Waals surface area contributed by atoms with Gasteiger partial charge in [0.15, 0.2) is 17.2 Å². The number of aromatic nitrogens is 1. The molecule has 0 radical (unpaired) electrons. The molecule has 0 aliphatic carbocycles. The van der Waals surface area contributed by atoms with Crippen LogP contribution in [0, 0.1) is 5.82 Å². The van der Waals surface area contributed by atoms with Crippen LogP contribution in [0.4, 0.5) is 4.39 Å². The van der Waals surface area contributed by atoms with Crippen LogP contribution in [0.25, 0.3) is 0 Å². The molecule has 3 aromatic rings. The van der Waals surface area contributed by atoms with E-state index in [-0.39, 0.29) is 30.7 Å². The molecule has 0 unspecified atom stereocenters. The van der Waals surface area contributed by atoms with Gasteiger partial charge in [0.2, 0.25) is 12.7 Å². The van der Waals surface area contributed by atoms with Gasteiger partial charge in [0.25, 0.3) is 0 Å². The molecule has 1 aliphatic heterocycles. The summed E-state index contributed by atoms with van der Waals surface area (Å²) in [7, 11) is 0. The summed E-state index contributed by atoms with van der Waals surface area (Å²) >= 11 is 0. The van der Waals surface area contributed by atoms with E-state index in [9.17, 15) is 9.18 Å². The molecule has 0 fully saturated rings. The van der Waals surface area contributed by atoms with Crippen molar-refractivity contribution in [2.24, 2.45) is 0 Å². The number of halogens is 1. The van der Waals surface area contributed by atoms with Gasteiger partial charge in [-0.1, -0.05) is 18.2 Å². The average Bonchev–Trinajstić information content (AvgIpc) is 3.30. The van der Waals surface area contributed by atoms with Gasteiger partial charge in [0.1, 0.15) is 12.1 Å². The molecule has 0 spiro atoms. The second-order valence-corrected chi connectivity index (χ2v) is 6.39. The Morgan fingerprint density at radius 2 is 1.86 bits per heavy atom. The number of benzene rings is 2. The van der Waals surface area contributed by atoms with Crippen LogP contribution in [0.1, 0.15) is 27.5 Å². The lowest BCUT2D eigenvalue weighted by Crippen LogP contribution is -2.22. The molecule has 0 bridgehead atoms. The first-order valence-corrected chi connectivity index (χ1v) is 8.60. The third-order valence-electron chi connectivity index (χ3n) is 4.27. The van der Waals surface area contributed by atoms with Crippen molar-refractivity contribution < 1.29 is 28.2 Å². The molecule has 0 atom stereocenters. The minimum atomic E-state index is -1.15. The van der Waals surface area contributed by atoms with E-state index in [1.54, 1.807) is 6.07 Å². The van der Waals surface area contributed by atoms with Gasteiger partial charge in [-0.05, 0) is 35.4 Å². The minimum Gasteiger partial charge on any atom is -0.476 e. The van der Waals surface area contributed by atoms with Crippen molar-refractivity contribution in [1.82, 2.24) is 9.88 Å². The van der Waals surface area contributed by atoms with Crippen molar-refractivity contribution in [3.8, 4) is 11.5 Å². The van der Waals surface area contributed by atoms with Gasteiger partial charge in [-0.25, -0.2) is 14.2 Å². The van der Waals surface area contributed by atoms with Gasteiger partial charge in [-0.15, -0.1) is 0 Å². The van der Waals surface area contributed by atoms with Crippen molar-refractivity contribution in [1.29, 1.82) is 0 Å². The maximum absolute atomic E-state index is 13.6. The maximum atomic E-state index is 13.6. The van der Waals surface area contributed by atoms with Gasteiger partial charge < -0.3 is 19.0 Å². The lowest BCUT2D eigenvalue weighted by molar-refractivity contribution is 0.0690. The number of nitrogens with zero attached hydrogens (tertiary/aromatic N) is 2. The summed E-state index contributed by atoms with van der Waals surface area (Å²) in [6.45, 7) is 1.38. The molecular weight excluding hydrogens is 367 g/mol. The van der Waals surface area contributed by atoms with Crippen LogP contribution in [0.15, 0.2) is 53.1 Å². The number of ether oxygens (including phenoxy) is 2. The summed E-state index contributed by atoms with van der Waals surface area (Å²) in [5.74, 6) is 0.175. The molecule has 1 N–H and O–H groups in total. The largest absolute Gasteiger partial charge is 0.476 e. The summed E-state index contributed by atoms with van der Waals surface area (Å²) in [6.07, 6.45) is 1.11. The van der Waals surface area contributed by atoms with Crippen molar-refractivity contribution in [2.75, 3.05) is 6.79 Å². The SMILES string of the molecule is O=C(O)c1coc(CN(Cc2cccc(F)c2)Cc2ccc3c(c2)OCO3)n1. The highest BCUT2D eigenvalue weighted by atomic mass is 19.1. The van der Waals surface area contributed by atoms with E-state index < -0.39 is 5.97 Å². The Bertz CT molecular complexity index is 1000. The Hall–Kier alpha value is -3.39. The van der Waals surface area contributed by atoms with E-state index in [0.717, 1.165) is 17.4 Å². The highest BCUT2D eigenvalue weighted by Crippen LogP contribution is 2.33. The molecule has 144 valence electrons. The molecule has 0 saturated heterocycles. The van der Waals surface area contributed by atoms with Crippen molar-refractivity contribution in [3.05, 3.63) is 77.3 Å². The first-order chi connectivity index (χ1) is 13.6. The van der Waals surface area contributed by atoms with Crippen molar-refractivity contribution >= 4 is 5.97 Å². The summed E-state index contributed by atoms with van der Waals surface area (Å²) in [6, 6.07) is 12.0. The minimum absolute atomic E-state index is 0.149. The van der Waals surface area contributed by atoms with E-state index in [0.29, 0.717) is 24.6 Å². The van der Waals surface area contributed by atoms with Crippen LogP contribution < -0.4 is 9.47 Å². The number of rotatable bonds is 7. The van der Waals surface area contributed by atoms with Gasteiger partial charge in [-0.2, -0.15) is 0 Å². The molecule has 7 nitrogen and oxygen atoms in total. The molecular formula is C20H17FN2O5. The second-order valence-electron chi connectivity index (χ2n) is 6.39. The summed E-state index contributed by atoms with van der Waals surface area (Å²) in [5, 5.41) is 9.02. The van der Waals surface area contributed by atoms with E-state index in [1.807, 2.05) is 29.2 Å². The number of hydrogen-bond donors (Lipinski definition) is 1. The van der Waals surface area contributed by atoms with Crippen LogP contribution in [-0.2, 0) is 19.6 Å². The summed E-state index contributed by atoms with van der Waals surface area (Å²) < 4.78 is 29.6. The van der Waals surface area contributed by atoms with Crippen LogP contribution in [0.5, 0.6) is 11.5 Å². The van der Waals surface area contributed by atoms with E-state index in [4.69, 9.17) is 19.0 Å². The number of carbonyl (C=O) groups is 1. The Morgan fingerprint density at radius 1 is 1.07 bits per heavy atom. The number of carboxylic acids is 1. The number of aromatic carboxylic acids is 1. The maximum Gasteiger partial charge on any atom is 0.357 e. The lowest BCUT2D eigenvalue weighted by Gasteiger charge is -2.21. The quantitative estimate of drug-likeness (QED) is 0.668. The van der Waals surface area contributed by atoms with Crippen molar-refractivity contribution in [2.45, 2.75) is 19.6 Å². The smallest absolute Gasteiger partial charge is 0.357 e. The van der Waals surface area contributed by atoms with Gasteiger partial charge in [-0.3, -0.25) is 4.90 Å². The second kappa shape index (κ2) is 7.69. The zero-order valence-corrected chi connectivity index (χ0v) is 14.8. The van der Waals surface area contributed by atoms with E-state index in [1.165, 1.54) is 12.1 Å². The van der Waals surface area contributed by atoms with Crippen LogP contribution in [0.2, 0.25) is 0 Å². The molecule has 0 saturated carbocycles. The summed E-state index contributed by atoms with van der Waals surface area (Å²) in [4.78, 5) is 17.0. The molecule has 28 heavy (non-hydrogen) atoms. The Labute approximate surface area is 159 Å². The van der Waals surface area contributed by atoms with Gasteiger partial charge in [0.05, 0.1) is 6.54 Å². The average molecular weight is 384 g/mol. The molecule has 1 aromatic heterocycles. The van der Waals surface area contributed by atoms with Crippen LogP contribution in [0.3, 0.4) is 0 Å². The van der Waals surface area contributed by atoms with Crippen LogP contribution >= 0.6 is 0 Å². The Morgan fingerprint density at radius 3 is 2.61 bits per heavy atom. The van der Waals surface area contributed by atoms with Gasteiger partial charge in [0, 0.05) is 13.1 Å². The fraction of sp³-hybridized carbons (Fsp3) is 0.200. The molecule has 4 rings (SSSR count). The highest BCUT2D eigenvalue weighted by molar-refractivity contribution is 5.84. The number of carboxylic acid groups (broad SMARTS) is 1. The monoisotopic (exact) mass is 384 g/mol.